The predicted molar refractivity (Wildman–Crippen MR) is 147 cm³/mol. The molecule has 41 heavy (non-hydrogen) atoms. The van der Waals surface area contributed by atoms with E-state index >= 15 is 0 Å². The van der Waals surface area contributed by atoms with E-state index in [4.69, 9.17) is 5.73 Å². The molecule has 5 rings (SSSR count). The first-order chi connectivity index (χ1) is 19.4. The van der Waals surface area contributed by atoms with E-state index in [0.29, 0.717) is 17.7 Å². The van der Waals surface area contributed by atoms with Gasteiger partial charge in [-0.05, 0) is 44.6 Å². The van der Waals surface area contributed by atoms with Crippen LogP contribution in [0.4, 0.5) is 0 Å². The summed E-state index contributed by atoms with van der Waals surface area (Å²) in [6, 6.07) is 11.9. The maximum atomic E-state index is 13.9. The number of nitrogens with one attached hydrogen (secondary N) is 1. The van der Waals surface area contributed by atoms with Gasteiger partial charge in [-0.1, -0.05) is 42.5 Å². The maximum Gasteiger partial charge on any atom is 0.255 e. The molecule has 2 aromatic rings. The van der Waals surface area contributed by atoms with Crippen molar-refractivity contribution in [3.63, 3.8) is 0 Å². The van der Waals surface area contributed by atoms with Crippen LogP contribution in [0.15, 0.2) is 59.4 Å². The number of aliphatic hydroxyl groups is 4. The minimum atomic E-state index is -2.92. The standard InChI is InChI=1S/C30H33N3O8/c1-33(2)22-21-24(35)17-12-15-8-9-16(13-32-11-10-14-6-4-3-5-7-14)23(34)18(15)25(36)19(17)27(38)30(21,41)28(39)20(26(22)37)29(31)40/h3-9,17,21-22,24,32,34-36,39,41H,10-13H2,1-2H3,(H2,31,40)/t17-,21-,22+,24+,30+/m0/s1. The smallest absolute Gasteiger partial charge is 0.255 e. The molecule has 3 aliphatic carbocycles. The highest BCUT2D eigenvalue weighted by molar-refractivity contribution is 6.24. The monoisotopic (exact) mass is 563 g/mol. The average molecular weight is 564 g/mol. The van der Waals surface area contributed by atoms with E-state index in [1.807, 2.05) is 30.3 Å². The Hall–Kier alpha value is -4.03. The number of primary amides is 1. The molecule has 0 radical (unpaired) electrons. The first-order valence-electron chi connectivity index (χ1n) is 13.3. The maximum absolute atomic E-state index is 13.9. The average Bonchev–Trinajstić information content (AvgIpc) is 2.92. The third kappa shape index (κ3) is 4.32. The molecular weight excluding hydrogens is 530 g/mol. The molecule has 1 amide bonds. The van der Waals surface area contributed by atoms with E-state index in [1.165, 1.54) is 19.0 Å². The van der Waals surface area contributed by atoms with Gasteiger partial charge in [-0.3, -0.25) is 19.3 Å². The normalized spacial score (nSPS) is 27.5. The zero-order chi connectivity index (χ0) is 29.8. The van der Waals surface area contributed by atoms with Crippen LogP contribution in [-0.2, 0) is 33.8 Å². The fourth-order valence-electron chi connectivity index (χ4n) is 6.52. The van der Waals surface area contributed by atoms with Crippen molar-refractivity contribution in [2.24, 2.45) is 17.6 Å². The molecule has 11 nitrogen and oxygen atoms in total. The predicted octanol–water partition coefficient (Wildman–Crippen LogP) is 0.267. The highest BCUT2D eigenvalue weighted by Gasteiger charge is 2.67. The summed E-state index contributed by atoms with van der Waals surface area (Å²) in [4.78, 5) is 40.5. The van der Waals surface area contributed by atoms with Crippen LogP contribution in [0.5, 0.6) is 5.75 Å². The summed E-state index contributed by atoms with van der Waals surface area (Å²) in [6.45, 7) is 0.882. The minimum Gasteiger partial charge on any atom is -0.508 e. The molecule has 1 saturated carbocycles. The Bertz CT molecular complexity index is 1500. The molecule has 11 heteroatoms. The Kier molecular flexibility index (Phi) is 7.24. The molecular formula is C30H33N3O8. The molecule has 216 valence electrons. The van der Waals surface area contributed by atoms with Gasteiger partial charge in [-0.2, -0.15) is 0 Å². The lowest BCUT2D eigenvalue weighted by Crippen LogP contribution is -2.70. The van der Waals surface area contributed by atoms with Gasteiger partial charge in [0.1, 0.15) is 22.8 Å². The molecule has 5 atom stereocenters. The van der Waals surface area contributed by atoms with Gasteiger partial charge in [-0.15, -0.1) is 0 Å². The Labute approximate surface area is 236 Å². The number of rotatable bonds is 7. The van der Waals surface area contributed by atoms with Crippen LogP contribution in [0.3, 0.4) is 0 Å². The number of phenols is 1. The number of aromatic hydroxyl groups is 1. The number of fused-ring (bicyclic) bond motifs is 3. The summed E-state index contributed by atoms with van der Waals surface area (Å²) in [6.07, 6.45) is -0.834. The fraction of sp³-hybridized carbons (Fsp3) is 0.367. The first kappa shape index (κ1) is 28.5. The van der Waals surface area contributed by atoms with E-state index in [2.05, 4.69) is 5.32 Å². The van der Waals surface area contributed by atoms with Crippen molar-refractivity contribution in [2.45, 2.75) is 37.1 Å². The topological polar surface area (TPSA) is 194 Å². The number of carbonyl (C=O) groups excluding carboxylic acids is 3. The Morgan fingerprint density at radius 3 is 2.41 bits per heavy atom. The van der Waals surface area contributed by atoms with Crippen LogP contribution in [0.25, 0.3) is 5.76 Å². The number of nitrogens with two attached hydrogens (primary N) is 1. The van der Waals surface area contributed by atoms with Gasteiger partial charge in [0.05, 0.1) is 23.6 Å². The van der Waals surface area contributed by atoms with Crippen LogP contribution in [-0.4, -0.2) is 86.3 Å². The van der Waals surface area contributed by atoms with Gasteiger partial charge in [0.15, 0.2) is 11.4 Å². The molecule has 0 aromatic heterocycles. The van der Waals surface area contributed by atoms with Crippen molar-refractivity contribution in [2.75, 3.05) is 20.6 Å². The van der Waals surface area contributed by atoms with E-state index in [-0.39, 0.29) is 24.3 Å². The van der Waals surface area contributed by atoms with Gasteiger partial charge < -0.3 is 36.6 Å². The lowest BCUT2D eigenvalue weighted by Gasteiger charge is -2.52. The number of benzene rings is 2. The van der Waals surface area contributed by atoms with Gasteiger partial charge in [-0.25, -0.2) is 0 Å². The van der Waals surface area contributed by atoms with E-state index in [0.717, 1.165) is 12.0 Å². The number of phenolic OH excluding ortho intramolecular Hbond substituents is 1. The second-order valence-electron chi connectivity index (χ2n) is 11.1. The number of likely N-dealkylation sites (N-methyl/N-ethyl adjacent to an activating group) is 1. The molecule has 0 bridgehead atoms. The largest absolute Gasteiger partial charge is 0.508 e. The summed E-state index contributed by atoms with van der Waals surface area (Å²) >= 11 is 0. The Morgan fingerprint density at radius 1 is 1.10 bits per heavy atom. The van der Waals surface area contributed by atoms with Crippen molar-refractivity contribution < 1.29 is 39.9 Å². The second kappa shape index (κ2) is 10.4. The lowest BCUT2D eigenvalue weighted by molar-refractivity contribution is -0.168. The Morgan fingerprint density at radius 2 is 1.78 bits per heavy atom. The molecule has 0 heterocycles. The molecule has 0 aliphatic heterocycles. The van der Waals surface area contributed by atoms with Crippen LogP contribution in [0.2, 0.25) is 0 Å². The van der Waals surface area contributed by atoms with Gasteiger partial charge >= 0.3 is 0 Å². The zero-order valence-corrected chi connectivity index (χ0v) is 22.7. The molecule has 8 N–H and O–H groups in total. The van der Waals surface area contributed by atoms with Crippen molar-refractivity contribution in [1.29, 1.82) is 0 Å². The number of aliphatic hydroxyl groups excluding tert-OH is 3. The first-order valence-corrected chi connectivity index (χ1v) is 13.3. The number of ketones is 2. The highest BCUT2D eigenvalue weighted by Crippen LogP contribution is 2.52. The van der Waals surface area contributed by atoms with Gasteiger partial charge in [0.25, 0.3) is 5.91 Å². The van der Waals surface area contributed by atoms with Gasteiger partial charge in [0, 0.05) is 23.6 Å². The summed E-state index contributed by atoms with van der Waals surface area (Å²) in [5, 5.41) is 59.9. The highest BCUT2D eigenvalue weighted by atomic mass is 16.4. The van der Waals surface area contributed by atoms with Crippen molar-refractivity contribution >= 4 is 23.2 Å². The number of nitrogens with zero attached hydrogens (tertiary/aromatic N) is 1. The van der Waals surface area contributed by atoms with E-state index in [1.54, 1.807) is 12.1 Å². The summed E-state index contributed by atoms with van der Waals surface area (Å²) < 4.78 is 0. The number of amides is 1. The fourth-order valence-corrected chi connectivity index (χ4v) is 6.52. The quantitative estimate of drug-likeness (QED) is 0.182. The molecule has 2 aromatic carbocycles. The molecule has 3 aliphatic rings. The molecule has 1 fully saturated rings. The van der Waals surface area contributed by atoms with E-state index < -0.39 is 69.7 Å². The number of hydrogen-bond donors (Lipinski definition) is 7. The van der Waals surface area contributed by atoms with Gasteiger partial charge in [0.2, 0.25) is 5.78 Å². The molecule has 0 saturated heterocycles. The molecule has 0 unspecified atom stereocenters. The zero-order valence-electron chi connectivity index (χ0n) is 22.7. The van der Waals surface area contributed by atoms with Crippen LogP contribution in [0, 0.1) is 11.8 Å². The lowest BCUT2D eigenvalue weighted by atomic mass is 9.56. The van der Waals surface area contributed by atoms with Crippen LogP contribution < -0.4 is 11.1 Å². The number of hydrogen-bond acceptors (Lipinski definition) is 10. The number of Topliss-reactive ketones (excluding diaryl/α,β-unsaturated/α-hetero) is 2. The Balaban J connectivity index is 1.53. The van der Waals surface area contributed by atoms with E-state index in [9.17, 15) is 39.9 Å². The minimum absolute atomic E-state index is 0.00494. The summed E-state index contributed by atoms with van der Waals surface area (Å²) in [5.41, 5.74) is 3.11. The van der Waals surface area contributed by atoms with Crippen molar-refractivity contribution in [3.05, 3.63) is 81.6 Å². The summed E-state index contributed by atoms with van der Waals surface area (Å²) in [5.74, 6) is -8.26. The third-order valence-electron chi connectivity index (χ3n) is 8.51. The second-order valence-corrected chi connectivity index (χ2v) is 11.1. The van der Waals surface area contributed by atoms with Crippen LogP contribution >= 0.6 is 0 Å². The number of carbonyl (C=O) groups is 3. The third-order valence-corrected chi connectivity index (χ3v) is 8.51. The van der Waals surface area contributed by atoms with Crippen molar-refractivity contribution in [3.8, 4) is 5.75 Å². The molecule has 0 spiro atoms. The summed E-state index contributed by atoms with van der Waals surface area (Å²) in [7, 11) is 2.93. The SMILES string of the molecule is CN(C)[C@H]1C(=O)C(C(N)=O)=C(O)[C@]2(O)C(=O)C3=C(O)c4c(ccc(CNCCc5ccccc5)c4O)C[C@@H]3[C@@H](O)[C@H]12. The van der Waals surface area contributed by atoms with Crippen LogP contribution in [0.1, 0.15) is 22.3 Å². The van der Waals surface area contributed by atoms with Crippen molar-refractivity contribution in [1.82, 2.24) is 10.2 Å².